The minimum Gasteiger partial charge on any atom is -0.387 e. The van der Waals surface area contributed by atoms with Gasteiger partial charge in [-0.1, -0.05) is 30.3 Å². The number of nitrogens with zero attached hydrogens (tertiary/aromatic N) is 2. The summed E-state index contributed by atoms with van der Waals surface area (Å²) in [5.41, 5.74) is 2.45. The number of nitrogens with one attached hydrogen (secondary N) is 1. The first kappa shape index (κ1) is 13.1. The van der Waals surface area contributed by atoms with Gasteiger partial charge in [0.25, 0.3) is 5.91 Å². The van der Waals surface area contributed by atoms with E-state index in [1.807, 2.05) is 43.4 Å². The molecule has 4 nitrogen and oxygen atoms in total. The fourth-order valence-corrected chi connectivity index (χ4v) is 1.79. The van der Waals surface area contributed by atoms with Gasteiger partial charge in [0.1, 0.15) is 5.69 Å². The highest BCUT2D eigenvalue weighted by Gasteiger charge is 2.13. The van der Waals surface area contributed by atoms with Crippen LogP contribution in [0.4, 0.5) is 5.69 Å². The summed E-state index contributed by atoms with van der Waals surface area (Å²) in [5, 5.41) is 2.97. The Balaban J connectivity index is 2.06. The van der Waals surface area contributed by atoms with Gasteiger partial charge in [-0.15, -0.1) is 0 Å². The van der Waals surface area contributed by atoms with Crippen molar-refractivity contribution in [2.75, 3.05) is 19.4 Å². The van der Waals surface area contributed by atoms with Gasteiger partial charge in [-0.2, -0.15) is 0 Å². The van der Waals surface area contributed by atoms with Gasteiger partial charge in [0.15, 0.2) is 0 Å². The van der Waals surface area contributed by atoms with Gasteiger partial charge in [0.05, 0.1) is 11.9 Å². The van der Waals surface area contributed by atoms with Crippen LogP contribution >= 0.6 is 0 Å². The van der Waals surface area contributed by atoms with Crippen LogP contribution in [-0.4, -0.2) is 29.9 Å². The summed E-state index contributed by atoms with van der Waals surface area (Å²) in [6.45, 7) is 0.579. The molecule has 2 rings (SSSR count). The lowest BCUT2D eigenvalue weighted by Crippen LogP contribution is -2.26. The number of rotatable bonds is 4. The van der Waals surface area contributed by atoms with Crippen molar-refractivity contribution in [3.05, 3.63) is 59.9 Å². The lowest BCUT2D eigenvalue weighted by molar-refractivity contribution is 0.0779. The third kappa shape index (κ3) is 3.31. The summed E-state index contributed by atoms with van der Waals surface area (Å²) in [6.07, 6.45) is 1.66. The van der Waals surface area contributed by atoms with Crippen LogP contribution in [0.25, 0.3) is 0 Å². The number of carbonyl (C=O) groups excluding carboxylic acids is 1. The largest absolute Gasteiger partial charge is 0.387 e. The van der Waals surface area contributed by atoms with E-state index in [1.165, 1.54) is 0 Å². The summed E-state index contributed by atoms with van der Waals surface area (Å²) in [6, 6.07) is 13.5. The van der Waals surface area contributed by atoms with E-state index in [2.05, 4.69) is 10.3 Å². The van der Waals surface area contributed by atoms with E-state index in [4.69, 9.17) is 0 Å². The Bertz CT molecular complexity index is 537. The molecule has 4 heteroatoms. The van der Waals surface area contributed by atoms with E-state index < -0.39 is 0 Å². The fraction of sp³-hybridized carbons (Fsp3) is 0.200. The van der Waals surface area contributed by atoms with E-state index in [-0.39, 0.29) is 5.91 Å². The van der Waals surface area contributed by atoms with Crippen LogP contribution in [0.2, 0.25) is 0 Å². The Morgan fingerprint density at radius 2 is 1.95 bits per heavy atom. The maximum Gasteiger partial charge on any atom is 0.272 e. The third-order valence-corrected chi connectivity index (χ3v) is 2.88. The maximum absolute atomic E-state index is 12.2. The second kappa shape index (κ2) is 6.00. The molecule has 1 N–H and O–H groups in total. The SMILES string of the molecule is CNc1ccc(C(=O)N(C)Cc2ccccc2)nc1. The van der Waals surface area contributed by atoms with Crippen molar-refractivity contribution in [3.63, 3.8) is 0 Å². The van der Waals surface area contributed by atoms with Crippen LogP contribution in [0.5, 0.6) is 0 Å². The quantitative estimate of drug-likeness (QED) is 0.912. The van der Waals surface area contributed by atoms with E-state index in [0.29, 0.717) is 12.2 Å². The van der Waals surface area contributed by atoms with Gasteiger partial charge in [0, 0.05) is 20.6 Å². The Labute approximate surface area is 113 Å². The molecule has 2 aromatic rings. The molecule has 0 atom stereocenters. The highest BCUT2D eigenvalue weighted by Crippen LogP contribution is 2.09. The molecule has 0 saturated heterocycles. The predicted molar refractivity (Wildman–Crippen MR) is 76.0 cm³/mol. The summed E-state index contributed by atoms with van der Waals surface area (Å²) < 4.78 is 0. The number of hydrogen-bond acceptors (Lipinski definition) is 3. The Kier molecular flexibility index (Phi) is 4.13. The maximum atomic E-state index is 12.2. The second-order valence-electron chi connectivity index (χ2n) is 4.33. The molecule has 0 spiro atoms. The van der Waals surface area contributed by atoms with Crippen molar-refractivity contribution >= 4 is 11.6 Å². The Morgan fingerprint density at radius 3 is 2.53 bits per heavy atom. The van der Waals surface area contributed by atoms with Crippen LogP contribution < -0.4 is 5.32 Å². The zero-order valence-electron chi connectivity index (χ0n) is 11.1. The first-order valence-electron chi connectivity index (χ1n) is 6.14. The molecular formula is C15H17N3O. The molecule has 98 valence electrons. The van der Waals surface area contributed by atoms with Gasteiger partial charge in [-0.25, -0.2) is 4.98 Å². The monoisotopic (exact) mass is 255 g/mol. The average Bonchev–Trinajstić information content (AvgIpc) is 2.47. The minimum absolute atomic E-state index is 0.0773. The smallest absolute Gasteiger partial charge is 0.272 e. The third-order valence-electron chi connectivity index (χ3n) is 2.88. The molecule has 0 saturated carbocycles. The molecule has 0 bridgehead atoms. The first-order valence-corrected chi connectivity index (χ1v) is 6.14. The zero-order valence-corrected chi connectivity index (χ0v) is 11.1. The molecule has 0 fully saturated rings. The van der Waals surface area contributed by atoms with E-state index >= 15 is 0 Å². The van der Waals surface area contributed by atoms with Crippen LogP contribution in [0.3, 0.4) is 0 Å². The number of carbonyl (C=O) groups is 1. The first-order chi connectivity index (χ1) is 9.20. The van der Waals surface area contributed by atoms with Crippen molar-refractivity contribution in [1.82, 2.24) is 9.88 Å². The van der Waals surface area contributed by atoms with Gasteiger partial charge in [-0.3, -0.25) is 4.79 Å². The number of pyridine rings is 1. The second-order valence-corrected chi connectivity index (χ2v) is 4.33. The zero-order chi connectivity index (χ0) is 13.7. The fourth-order valence-electron chi connectivity index (χ4n) is 1.79. The van der Waals surface area contributed by atoms with Crippen LogP contribution in [0, 0.1) is 0 Å². The van der Waals surface area contributed by atoms with E-state index in [9.17, 15) is 4.79 Å². The topological polar surface area (TPSA) is 45.2 Å². The van der Waals surface area contributed by atoms with Crippen molar-refractivity contribution in [2.45, 2.75) is 6.54 Å². The summed E-state index contributed by atoms with van der Waals surface area (Å²) >= 11 is 0. The molecule has 1 aromatic carbocycles. The van der Waals surface area contributed by atoms with Gasteiger partial charge >= 0.3 is 0 Å². The summed E-state index contributed by atoms with van der Waals surface area (Å²) in [4.78, 5) is 18.0. The number of aromatic nitrogens is 1. The average molecular weight is 255 g/mol. The molecule has 1 aromatic heterocycles. The van der Waals surface area contributed by atoms with Gasteiger partial charge in [0.2, 0.25) is 0 Å². The molecule has 0 aliphatic rings. The van der Waals surface area contributed by atoms with Crippen LogP contribution in [0.15, 0.2) is 48.7 Å². The highest BCUT2D eigenvalue weighted by molar-refractivity contribution is 5.92. The molecule has 1 amide bonds. The number of anilines is 1. The number of hydrogen-bond donors (Lipinski definition) is 1. The molecule has 19 heavy (non-hydrogen) atoms. The van der Waals surface area contributed by atoms with E-state index in [1.54, 1.807) is 24.2 Å². The molecular weight excluding hydrogens is 238 g/mol. The molecule has 0 aliphatic carbocycles. The standard InChI is InChI=1S/C15H17N3O/c1-16-13-8-9-14(17-10-13)15(19)18(2)11-12-6-4-3-5-7-12/h3-10,16H,11H2,1-2H3. The van der Waals surface area contributed by atoms with E-state index in [0.717, 1.165) is 11.3 Å². The lowest BCUT2D eigenvalue weighted by Gasteiger charge is -2.16. The molecule has 1 heterocycles. The van der Waals surface area contributed by atoms with Gasteiger partial charge < -0.3 is 10.2 Å². The van der Waals surface area contributed by atoms with Crippen molar-refractivity contribution < 1.29 is 4.79 Å². The molecule has 0 radical (unpaired) electrons. The summed E-state index contributed by atoms with van der Waals surface area (Å²) in [7, 11) is 3.60. The van der Waals surface area contributed by atoms with Crippen molar-refractivity contribution in [2.24, 2.45) is 0 Å². The molecule has 0 aliphatic heterocycles. The number of benzene rings is 1. The van der Waals surface area contributed by atoms with Gasteiger partial charge in [-0.05, 0) is 17.7 Å². The lowest BCUT2D eigenvalue weighted by atomic mass is 10.2. The Morgan fingerprint density at radius 1 is 1.21 bits per heavy atom. The van der Waals surface area contributed by atoms with Crippen molar-refractivity contribution in [3.8, 4) is 0 Å². The van der Waals surface area contributed by atoms with Crippen molar-refractivity contribution in [1.29, 1.82) is 0 Å². The Hall–Kier alpha value is -2.36. The predicted octanol–water partition coefficient (Wildman–Crippen LogP) is 2.40. The number of amides is 1. The highest BCUT2D eigenvalue weighted by atomic mass is 16.2. The van der Waals surface area contributed by atoms with Crippen LogP contribution in [0.1, 0.15) is 16.1 Å². The summed E-state index contributed by atoms with van der Waals surface area (Å²) in [5.74, 6) is -0.0773. The van der Waals surface area contributed by atoms with Crippen LogP contribution in [-0.2, 0) is 6.54 Å². The molecule has 0 unspecified atom stereocenters. The normalized spacial score (nSPS) is 10.0. The minimum atomic E-state index is -0.0773.